The standard InChI is InChI=1S/C22H39O11P3/c1-8-28-34(25,17-35(26,29-9-2)30-10-3)18-13-14-20(33-36(27,31-11-4)32-12-5)19(15-18)22(6,7)16-21(23)24/h13-15H,8-12,16-17H2,1-7H3,(H,23,24). The Balaban J connectivity index is 3.74. The largest absolute Gasteiger partial charge is 0.530 e. The van der Waals surface area contributed by atoms with Crippen LogP contribution in [0.15, 0.2) is 18.2 Å². The van der Waals surface area contributed by atoms with Crippen LogP contribution in [0.5, 0.6) is 5.75 Å². The average molecular weight is 572 g/mol. The predicted molar refractivity (Wildman–Crippen MR) is 138 cm³/mol. The second-order valence-electron chi connectivity index (χ2n) is 8.19. The fourth-order valence-electron chi connectivity index (χ4n) is 3.48. The molecule has 0 aliphatic heterocycles. The second-order valence-corrected chi connectivity index (χ2v) is 14.8. The molecule has 1 rings (SSSR count). The number of benzene rings is 1. The van der Waals surface area contributed by atoms with E-state index in [0.29, 0.717) is 0 Å². The molecule has 14 heteroatoms. The molecule has 0 saturated carbocycles. The van der Waals surface area contributed by atoms with Gasteiger partial charge in [0, 0.05) is 16.3 Å². The maximum atomic E-state index is 14.1. The summed E-state index contributed by atoms with van der Waals surface area (Å²) >= 11 is 0. The number of rotatable bonds is 18. The summed E-state index contributed by atoms with van der Waals surface area (Å²) in [6, 6.07) is 4.28. The van der Waals surface area contributed by atoms with Crippen LogP contribution in [-0.2, 0) is 46.5 Å². The SMILES string of the molecule is CCOP(=O)(CP(=O)(OCC)c1ccc(OP(=O)(OCC)OCC)c(C(C)(C)CC(=O)O)c1)OCC. The van der Waals surface area contributed by atoms with Gasteiger partial charge in [0.1, 0.15) is 11.7 Å². The van der Waals surface area contributed by atoms with Crippen molar-refractivity contribution in [2.75, 3.05) is 38.9 Å². The summed E-state index contributed by atoms with van der Waals surface area (Å²) < 4.78 is 72.8. The van der Waals surface area contributed by atoms with Crippen molar-refractivity contribution in [1.82, 2.24) is 0 Å². The molecule has 0 aliphatic carbocycles. The summed E-state index contributed by atoms with van der Waals surface area (Å²) in [7, 11) is -11.6. The maximum Gasteiger partial charge on any atom is 0.530 e. The van der Waals surface area contributed by atoms with Crippen LogP contribution in [0.1, 0.15) is 60.5 Å². The number of hydrogen-bond acceptors (Lipinski definition) is 10. The highest BCUT2D eigenvalue weighted by atomic mass is 31.2. The van der Waals surface area contributed by atoms with Crippen LogP contribution in [0.4, 0.5) is 0 Å². The molecule has 1 atom stereocenters. The third kappa shape index (κ3) is 9.38. The van der Waals surface area contributed by atoms with E-state index in [2.05, 4.69) is 0 Å². The molecular weight excluding hydrogens is 533 g/mol. The zero-order valence-electron chi connectivity index (χ0n) is 22.1. The van der Waals surface area contributed by atoms with Gasteiger partial charge in [-0.3, -0.25) is 23.0 Å². The van der Waals surface area contributed by atoms with Gasteiger partial charge >= 0.3 is 21.4 Å². The van der Waals surface area contributed by atoms with Crippen LogP contribution in [0.3, 0.4) is 0 Å². The molecule has 36 heavy (non-hydrogen) atoms. The minimum absolute atomic E-state index is 0.0380. The Bertz CT molecular complexity index is 989. The zero-order chi connectivity index (χ0) is 27.6. The van der Waals surface area contributed by atoms with Crippen molar-refractivity contribution in [2.45, 2.75) is 60.3 Å². The lowest BCUT2D eigenvalue weighted by Gasteiger charge is -2.29. The quantitative estimate of drug-likeness (QED) is 0.202. The Labute approximate surface area is 213 Å². The van der Waals surface area contributed by atoms with Crippen LogP contribution in [0.2, 0.25) is 0 Å². The first-order valence-electron chi connectivity index (χ1n) is 11.8. The second kappa shape index (κ2) is 14.2. The van der Waals surface area contributed by atoms with Gasteiger partial charge in [-0.25, -0.2) is 4.57 Å². The van der Waals surface area contributed by atoms with Crippen molar-refractivity contribution < 1.29 is 50.7 Å². The van der Waals surface area contributed by atoms with E-state index in [4.69, 9.17) is 27.1 Å². The molecule has 0 saturated heterocycles. The summed E-state index contributed by atoms with van der Waals surface area (Å²) in [5, 5.41) is 9.65. The van der Waals surface area contributed by atoms with Gasteiger partial charge in [0.25, 0.3) is 0 Å². The molecule has 0 aliphatic rings. The molecule has 1 N–H and O–H groups in total. The van der Waals surface area contributed by atoms with Crippen molar-refractivity contribution in [3.8, 4) is 5.75 Å². The molecule has 0 bridgehead atoms. The Morgan fingerprint density at radius 1 is 0.833 bits per heavy atom. The number of carboxylic acid groups (broad SMARTS) is 1. The molecule has 208 valence electrons. The smallest absolute Gasteiger partial charge is 0.481 e. The maximum absolute atomic E-state index is 14.1. The zero-order valence-corrected chi connectivity index (χ0v) is 24.7. The lowest BCUT2D eigenvalue weighted by Crippen LogP contribution is -2.25. The van der Waals surface area contributed by atoms with Gasteiger partial charge < -0.3 is 23.2 Å². The molecule has 0 amide bonds. The van der Waals surface area contributed by atoms with Gasteiger partial charge in [-0.2, -0.15) is 0 Å². The van der Waals surface area contributed by atoms with Crippen molar-refractivity contribution in [3.05, 3.63) is 23.8 Å². The van der Waals surface area contributed by atoms with Crippen molar-refractivity contribution in [2.24, 2.45) is 0 Å². The lowest BCUT2D eigenvalue weighted by molar-refractivity contribution is -0.138. The van der Waals surface area contributed by atoms with E-state index in [1.165, 1.54) is 18.2 Å². The summed E-state index contributed by atoms with van der Waals surface area (Å²) in [6.45, 7) is 11.8. The first-order valence-corrected chi connectivity index (χ1v) is 16.8. The number of hydrogen-bond donors (Lipinski definition) is 1. The molecule has 1 aromatic carbocycles. The van der Waals surface area contributed by atoms with Crippen LogP contribution >= 0.6 is 22.8 Å². The number of phosphoric acid groups is 1. The lowest BCUT2D eigenvalue weighted by atomic mass is 9.81. The highest BCUT2D eigenvalue weighted by Gasteiger charge is 2.40. The summed E-state index contributed by atoms with van der Waals surface area (Å²) in [6.07, 6.45) is -0.324. The first kappa shape index (κ1) is 33.0. The van der Waals surface area contributed by atoms with Crippen LogP contribution in [0, 0.1) is 0 Å². The van der Waals surface area contributed by atoms with Crippen LogP contribution in [0.25, 0.3) is 0 Å². The minimum atomic E-state index is -4.02. The highest BCUT2D eigenvalue weighted by Crippen LogP contribution is 2.63. The Kier molecular flexibility index (Phi) is 13.0. The average Bonchev–Trinajstić information content (AvgIpc) is 2.73. The fourth-order valence-corrected chi connectivity index (χ4v) is 10.2. The van der Waals surface area contributed by atoms with Gasteiger partial charge in [0.2, 0.25) is 7.37 Å². The topological polar surface area (TPSA) is 144 Å². The van der Waals surface area contributed by atoms with E-state index in [9.17, 15) is 23.6 Å². The Morgan fingerprint density at radius 3 is 1.78 bits per heavy atom. The highest BCUT2D eigenvalue weighted by molar-refractivity contribution is 7.78. The molecular formula is C22H39O11P3. The molecule has 0 aromatic heterocycles. The molecule has 0 heterocycles. The molecule has 1 unspecified atom stereocenters. The van der Waals surface area contributed by atoms with Gasteiger partial charge in [-0.05, 0) is 52.8 Å². The molecule has 11 nitrogen and oxygen atoms in total. The monoisotopic (exact) mass is 572 g/mol. The van der Waals surface area contributed by atoms with E-state index in [1.807, 2.05) is 0 Å². The number of carbonyl (C=O) groups is 1. The van der Waals surface area contributed by atoms with E-state index in [1.54, 1.807) is 48.5 Å². The molecule has 0 fully saturated rings. The Hall–Kier alpha value is -1.02. The van der Waals surface area contributed by atoms with E-state index < -0.39 is 40.1 Å². The van der Waals surface area contributed by atoms with Gasteiger partial charge in [-0.15, -0.1) is 0 Å². The molecule has 0 spiro atoms. The fraction of sp³-hybridized carbons (Fsp3) is 0.682. The number of aliphatic carboxylic acids is 1. The first-order chi connectivity index (χ1) is 16.7. The Morgan fingerprint density at radius 2 is 1.33 bits per heavy atom. The van der Waals surface area contributed by atoms with Crippen molar-refractivity contribution >= 4 is 34.1 Å². The van der Waals surface area contributed by atoms with E-state index in [-0.39, 0.29) is 56.1 Å². The van der Waals surface area contributed by atoms with Gasteiger partial charge in [-0.1, -0.05) is 13.8 Å². The third-order valence-electron chi connectivity index (χ3n) is 4.81. The van der Waals surface area contributed by atoms with Crippen molar-refractivity contribution in [3.63, 3.8) is 0 Å². The van der Waals surface area contributed by atoms with Gasteiger partial charge in [0.05, 0.1) is 39.5 Å². The normalized spacial score (nSPS) is 14.4. The van der Waals surface area contributed by atoms with E-state index >= 15 is 0 Å². The molecule has 1 aromatic rings. The summed E-state index contributed by atoms with van der Waals surface area (Å²) in [4.78, 5) is 11.6. The summed E-state index contributed by atoms with van der Waals surface area (Å²) in [5.74, 6) is -1.55. The third-order valence-corrected chi connectivity index (χ3v) is 12.3. The number of carboxylic acids is 1. The van der Waals surface area contributed by atoms with Crippen LogP contribution in [-0.4, -0.2) is 50.0 Å². The van der Waals surface area contributed by atoms with E-state index in [0.717, 1.165) is 0 Å². The van der Waals surface area contributed by atoms with Crippen molar-refractivity contribution in [1.29, 1.82) is 0 Å². The number of phosphoric ester groups is 1. The predicted octanol–water partition coefficient (Wildman–Crippen LogP) is 6.16. The van der Waals surface area contributed by atoms with Crippen LogP contribution < -0.4 is 9.83 Å². The minimum Gasteiger partial charge on any atom is -0.481 e. The molecule has 0 radical (unpaired) electrons. The van der Waals surface area contributed by atoms with Gasteiger partial charge in [0.15, 0.2) is 0 Å². The summed E-state index contributed by atoms with van der Waals surface area (Å²) in [5.41, 5.74) is -0.786.